The van der Waals surface area contributed by atoms with E-state index in [4.69, 9.17) is 0 Å². The van der Waals surface area contributed by atoms with E-state index in [0.29, 0.717) is 5.75 Å². The lowest BCUT2D eigenvalue weighted by molar-refractivity contribution is 0.419. The Balaban J connectivity index is 1.86. The number of hydrogen-bond donors (Lipinski definition) is 1. The highest BCUT2D eigenvalue weighted by atomic mass is 16.3. The van der Waals surface area contributed by atoms with Crippen molar-refractivity contribution in [2.75, 3.05) is 0 Å². The Labute approximate surface area is 97.8 Å². The van der Waals surface area contributed by atoms with Gasteiger partial charge in [-0.2, -0.15) is 0 Å². The first-order valence-electron chi connectivity index (χ1n) is 6.30. The number of phenols is 1. The van der Waals surface area contributed by atoms with Crippen molar-refractivity contribution in [1.29, 1.82) is 0 Å². The predicted molar refractivity (Wildman–Crippen MR) is 67.5 cm³/mol. The zero-order chi connectivity index (χ0) is 11.2. The van der Waals surface area contributed by atoms with E-state index < -0.39 is 0 Å². The van der Waals surface area contributed by atoms with Gasteiger partial charge in [0.2, 0.25) is 0 Å². The highest BCUT2D eigenvalue weighted by Crippen LogP contribution is 2.25. The van der Waals surface area contributed by atoms with Gasteiger partial charge in [0.05, 0.1) is 0 Å². The normalized spacial score (nSPS) is 18.0. The van der Waals surface area contributed by atoms with E-state index in [1.54, 1.807) is 6.07 Å². The molecule has 0 bridgehead atoms. The quantitative estimate of drug-likeness (QED) is 0.755. The molecule has 16 heavy (non-hydrogen) atoms. The van der Waals surface area contributed by atoms with Gasteiger partial charge in [-0.3, -0.25) is 0 Å². The van der Waals surface area contributed by atoms with Crippen molar-refractivity contribution in [2.45, 2.75) is 38.5 Å². The summed E-state index contributed by atoms with van der Waals surface area (Å²) < 4.78 is 0. The van der Waals surface area contributed by atoms with Gasteiger partial charge in [-0.25, -0.2) is 0 Å². The van der Waals surface area contributed by atoms with E-state index in [2.05, 4.69) is 12.2 Å². The Hall–Kier alpha value is -1.24. The second-order valence-corrected chi connectivity index (χ2v) is 4.66. The van der Waals surface area contributed by atoms with Gasteiger partial charge >= 0.3 is 0 Å². The molecule has 0 amide bonds. The monoisotopic (exact) mass is 216 g/mol. The summed E-state index contributed by atoms with van der Waals surface area (Å²) in [5.41, 5.74) is 1.02. The van der Waals surface area contributed by atoms with Crippen LogP contribution >= 0.6 is 0 Å². The second-order valence-electron chi connectivity index (χ2n) is 4.66. The maximum absolute atomic E-state index is 9.61. The minimum absolute atomic E-state index is 0.413. The van der Waals surface area contributed by atoms with E-state index in [1.165, 1.54) is 32.1 Å². The zero-order valence-electron chi connectivity index (χ0n) is 9.73. The van der Waals surface area contributed by atoms with E-state index in [1.807, 2.05) is 18.2 Å². The molecule has 0 saturated heterocycles. The third-order valence-electron chi connectivity index (χ3n) is 3.39. The van der Waals surface area contributed by atoms with Crippen LogP contribution in [0, 0.1) is 5.92 Å². The minimum atomic E-state index is 0.413. The summed E-state index contributed by atoms with van der Waals surface area (Å²) >= 11 is 0. The molecule has 0 aliphatic heterocycles. The van der Waals surface area contributed by atoms with Gasteiger partial charge in [0.25, 0.3) is 0 Å². The fourth-order valence-corrected chi connectivity index (χ4v) is 2.40. The molecule has 0 spiro atoms. The molecule has 0 aromatic heterocycles. The summed E-state index contributed by atoms with van der Waals surface area (Å²) in [6, 6.07) is 7.58. The average molecular weight is 216 g/mol. The van der Waals surface area contributed by atoms with Crippen molar-refractivity contribution in [3.05, 3.63) is 42.0 Å². The lowest BCUT2D eigenvalue weighted by Crippen LogP contribution is -2.02. The van der Waals surface area contributed by atoms with Crippen molar-refractivity contribution in [1.82, 2.24) is 0 Å². The predicted octanol–water partition coefficient (Wildman–Crippen LogP) is 4.07. The van der Waals surface area contributed by atoms with Crippen molar-refractivity contribution in [3.63, 3.8) is 0 Å². The van der Waals surface area contributed by atoms with Crippen molar-refractivity contribution >= 4 is 0 Å². The van der Waals surface area contributed by atoms with Crippen molar-refractivity contribution < 1.29 is 5.11 Å². The third kappa shape index (κ3) is 3.13. The first-order valence-corrected chi connectivity index (χ1v) is 6.30. The standard InChI is InChI=1S/C15H20O/c16-15-12-5-4-10-14(15)11-6-9-13-7-2-1-3-8-13/h4-6,9-10,12-13,16H,1-3,7-8,11H2/b9-6+. The van der Waals surface area contributed by atoms with E-state index in [-0.39, 0.29) is 0 Å². The van der Waals surface area contributed by atoms with Gasteiger partial charge < -0.3 is 5.11 Å². The topological polar surface area (TPSA) is 20.2 Å². The van der Waals surface area contributed by atoms with E-state index >= 15 is 0 Å². The highest BCUT2D eigenvalue weighted by Gasteiger charge is 2.09. The van der Waals surface area contributed by atoms with Crippen LogP contribution in [0.15, 0.2) is 36.4 Å². The Morgan fingerprint density at radius 3 is 2.62 bits per heavy atom. The first-order chi connectivity index (χ1) is 7.86. The molecule has 1 aromatic rings. The van der Waals surface area contributed by atoms with Gasteiger partial charge in [-0.05, 0) is 36.8 Å². The fraction of sp³-hybridized carbons (Fsp3) is 0.467. The van der Waals surface area contributed by atoms with Crippen LogP contribution in [0.25, 0.3) is 0 Å². The fourth-order valence-electron chi connectivity index (χ4n) is 2.40. The number of allylic oxidation sites excluding steroid dienone is 2. The number of aromatic hydroxyl groups is 1. The Kier molecular flexibility index (Phi) is 4.03. The van der Waals surface area contributed by atoms with Crippen LogP contribution in [0.4, 0.5) is 0 Å². The Morgan fingerprint density at radius 2 is 1.88 bits per heavy atom. The van der Waals surface area contributed by atoms with Gasteiger partial charge in [0.1, 0.15) is 5.75 Å². The Morgan fingerprint density at radius 1 is 1.12 bits per heavy atom. The van der Waals surface area contributed by atoms with Crippen LogP contribution in [0.1, 0.15) is 37.7 Å². The minimum Gasteiger partial charge on any atom is -0.508 e. The molecule has 1 aromatic carbocycles. The lowest BCUT2D eigenvalue weighted by Gasteiger charge is -2.17. The summed E-state index contributed by atoms with van der Waals surface area (Å²) in [5, 5.41) is 9.61. The molecule has 1 aliphatic rings. The zero-order valence-corrected chi connectivity index (χ0v) is 9.73. The highest BCUT2D eigenvalue weighted by molar-refractivity contribution is 5.33. The maximum Gasteiger partial charge on any atom is 0.119 e. The van der Waals surface area contributed by atoms with Crippen LogP contribution in [-0.2, 0) is 6.42 Å². The maximum atomic E-state index is 9.61. The molecule has 1 saturated carbocycles. The number of phenolic OH excluding ortho intramolecular Hbond substituents is 1. The second kappa shape index (κ2) is 5.74. The molecule has 0 unspecified atom stereocenters. The molecule has 0 radical (unpaired) electrons. The summed E-state index contributed by atoms with van der Waals surface area (Å²) in [7, 11) is 0. The SMILES string of the molecule is Oc1ccccc1C/C=C/C1CCCCC1. The largest absolute Gasteiger partial charge is 0.508 e. The lowest BCUT2D eigenvalue weighted by atomic mass is 9.89. The van der Waals surface area contributed by atoms with Crippen LogP contribution in [-0.4, -0.2) is 5.11 Å². The van der Waals surface area contributed by atoms with E-state index in [0.717, 1.165) is 17.9 Å². The molecule has 1 N–H and O–H groups in total. The Bertz CT molecular complexity index is 348. The summed E-state index contributed by atoms with van der Waals surface area (Å²) in [6.07, 6.45) is 12.3. The van der Waals surface area contributed by atoms with Gasteiger partial charge in [0, 0.05) is 0 Å². The van der Waals surface area contributed by atoms with Gasteiger partial charge in [0.15, 0.2) is 0 Å². The van der Waals surface area contributed by atoms with Crippen LogP contribution in [0.2, 0.25) is 0 Å². The smallest absolute Gasteiger partial charge is 0.119 e. The summed E-state index contributed by atoms with van der Waals surface area (Å²) in [6.45, 7) is 0. The first kappa shape index (κ1) is 11.3. The van der Waals surface area contributed by atoms with E-state index in [9.17, 15) is 5.11 Å². The summed E-state index contributed by atoms with van der Waals surface area (Å²) in [5.74, 6) is 1.19. The van der Waals surface area contributed by atoms with Crippen LogP contribution in [0.5, 0.6) is 5.75 Å². The molecule has 0 atom stereocenters. The number of benzene rings is 1. The number of para-hydroxylation sites is 1. The molecule has 86 valence electrons. The third-order valence-corrected chi connectivity index (χ3v) is 3.39. The van der Waals surface area contributed by atoms with Gasteiger partial charge in [-0.15, -0.1) is 0 Å². The van der Waals surface area contributed by atoms with Gasteiger partial charge in [-0.1, -0.05) is 49.6 Å². The molecular weight excluding hydrogens is 196 g/mol. The number of hydrogen-bond acceptors (Lipinski definition) is 1. The average Bonchev–Trinajstić information content (AvgIpc) is 2.33. The van der Waals surface area contributed by atoms with Crippen LogP contribution < -0.4 is 0 Å². The molecule has 1 nitrogen and oxygen atoms in total. The molecular formula is C15H20O. The van der Waals surface area contributed by atoms with Crippen molar-refractivity contribution in [3.8, 4) is 5.75 Å². The van der Waals surface area contributed by atoms with Crippen molar-refractivity contribution in [2.24, 2.45) is 5.92 Å². The molecule has 0 heterocycles. The van der Waals surface area contributed by atoms with Crippen LogP contribution in [0.3, 0.4) is 0 Å². The molecule has 1 heteroatoms. The molecule has 2 rings (SSSR count). The molecule has 1 aliphatic carbocycles. The number of rotatable bonds is 3. The molecule has 1 fully saturated rings. The summed E-state index contributed by atoms with van der Waals surface area (Å²) in [4.78, 5) is 0.